The second-order valence-electron chi connectivity index (χ2n) is 7.43. The van der Waals surface area contributed by atoms with Crippen molar-refractivity contribution in [2.45, 2.75) is 18.9 Å². The maximum atomic E-state index is 13.5. The van der Waals surface area contributed by atoms with Crippen LogP contribution in [0.2, 0.25) is 5.02 Å². The topological polar surface area (TPSA) is 93.7 Å². The number of piperidine rings is 1. The van der Waals surface area contributed by atoms with Gasteiger partial charge < -0.3 is 14.8 Å². The number of halogens is 3. The Bertz CT molecular complexity index is 1270. The van der Waals surface area contributed by atoms with Gasteiger partial charge in [0.2, 0.25) is 10.0 Å². The Morgan fingerprint density at radius 2 is 1.97 bits per heavy atom. The Labute approximate surface area is 209 Å². The van der Waals surface area contributed by atoms with Crippen LogP contribution in [0.5, 0.6) is 11.5 Å². The van der Waals surface area contributed by atoms with Crippen LogP contribution < -0.4 is 14.8 Å². The van der Waals surface area contributed by atoms with Crippen molar-refractivity contribution >= 4 is 66.6 Å². The number of nitrogens with one attached hydrogen (secondary N) is 1. The number of sulfonamides is 1. The number of hydrogen-bond acceptors (Lipinski definition) is 7. The van der Waals surface area contributed by atoms with Crippen LogP contribution in [0.3, 0.4) is 0 Å². The number of aromatic nitrogens is 2. The van der Waals surface area contributed by atoms with Crippen molar-refractivity contribution in [1.82, 2.24) is 14.3 Å². The Morgan fingerprint density at radius 3 is 2.64 bits per heavy atom. The number of hydrogen-bond donors (Lipinski definition) is 1. The van der Waals surface area contributed by atoms with E-state index in [2.05, 4.69) is 15.3 Å². The fraction of sp³-hybridized carbons (Fsp3) is 0.333. The van der Waals surface area contributed by atoms with Gasteiger partial charge in [0.25, 0.3) is 0 Å². The molecule has 3 aromatic rings. The van der Waals surface area contributed by atoms with Gasteiger partial charge >= 0.3 is 0 Å². The van der Waals surface area contributed by atoms with Crippen LogP contribution in [-0.4, -0.2) is 52.8 Å². The molecule has 2 aromatic carbocycles. The van der Waals surface area contributed by atoms with Crippen LogP contribution in [0.1, 0.15) is 12.8 Å². The zero-order valence-corrected chi connectivity index (χ0v) is 21.3. The largest absolute Gasteiger partial charge is 0.493 e. The SMILES string of the molecule is COc1cc2ncnc(Nc3ccc(F)c(Cl)c3)c2cc1OC1CCN(S(=O)(=O)CI)CC1. The van der Waals surface area contributed by atoms with Crippen molar-refractivity contribution in [2.75, 3.05) is 29.3 Å². The summed E-state index contributed by atoms with van der Waals surface area (Å²) >= 11 is 7.76. The molecule has 0 unspecified atom stereocenters. The summed E-state index contributed by atoms with van der Waals surface area (Å²) < 4.78 is 51.0. The molecule has 1 aliphatic heterocycles. The minimum atomic E-state index is -3.22. The van der Waals surface area contributed by atoms with Gasteiger partial charge in [0.05, 0.1) is 17.6 Å². The number of benzene rings is 2. The third-order valence-electron chi connectivity index (χ3n) is 5.33. The van der Waals surface area contributed by atoms with E-state index in [4.69, 9.17) is 21.1 Å². The Morgan fingerprint density at radius 1 is 1.21 bits per heavy atom. The summed E-state index contributed by atoms with van der Waals surface area (Å²) in [5.41, 5.74) is 1.20. The van der Waals surface area contributed by atoms with Gasteiger partial charge in [-0.15, -0.1) is 0 Å². The van der Waals surface area contributed by atoms with Gasteiger partial charge in [-0.2, -0.15) is 0 Å². The van der Waals surface area contributed by atoms with Crippen molar-refractivity contribution < 1.29 is 22.3 Å². The lowest BCUT2D eigenvalue weighted by Gasteiger charge is -2.31. The van der Waals surface area contributed by atoms with Crippen molar-refractivity contribution in [1.29, 1.82) is 0 Å². The molecule has 176 valence electrons. The van der Waals surface area contributed by atoms with Crippen molar-refractivity contribution in [3.63, 3.8) is 0 Å². The molecule has 12 heteroatoms. The second kappa shape index (κ2) is 10.1. The zero-order valence-electron chi connectivity index (χ0n) is 17.6. The monoisotopic (exact) mass is 606 g/mol. The molecular weight excluding hydrogens is 586 g/mol. The molecule has 0 aliphatic carbocycles. The molecule has 0 radical (unpaired) electrons. The highest BCUT2D eigenvalue weighted by Gasteiger charge is 2.28. The lowest BCUT2D eigenvalue weighted by Crippen LogP contribution is -2.42. The van der Waals surface area contributed by atoms with Gasteiger partial charge in [-0.05, 0) is 37.1 Å². The molecule has 4 rings (SSSR count). The third kappa shape index (κ3) is 5.42. The lowest BCUT2D eigenvalue weighted by molar-refractivity contribution is 0.131. The van der Waals surface area contributed by atoms with Gasteiger partial charge in [-0.25, -0.2) is 27.1 Å². The first kappa shape index (κ1) is 24.2. The number of alkyl halides is 1. The highest BCUT2D eigenvalue weighted by Crippen LogP contribution is 2.36. The third-order valence-corrected chi connectivity index (χ3v) is 9.41. The van der Waals surface area contributed by atoms with Gasteiger partial charge in [0, 0.05) is 30.2 Å². The summed E-state index contributed by atoms with van der Waals surface area (Å²) in [7, 11) is -1.67. The summed E-state index contributed by atoms with van der Waals surface area (Å²) in [6.45, 7) is 0.820. The first-order chi connectivity index (χ1) is 15.8. The minimum absolute atomic E-state index is 0.0000216. The Kier molecular flexibility index (Phi) is 7.41. The van der Waals surface area contributed by atoms with Crippen LogP contribution in [-0.2, 0) is 10.0 Å². The number of nitrogens with zero attached hydrogens (tertiary/aromatic N) is 3. The number of rotatable bonds is 7. The molecule has 0 bridgehead atoms. The molecule has 0 amide bonds. The van der Waals surface area contributed by atoms with Crippen LogP contribution in [0, 0.1) is 5.82 Å². The van der Waals surface area contributed by atoms with Crippen molar-refractivity contribution in [3.8, 4) is 11.5 Å². The van der Waals surface area contributed by atoms with Crippen LogP contribution in [0.4, 0.5) is 15.9 Å². The van der Waals surface area contributed by atoms with E-state index in [-0.39, 0.29) is 14.9 Å². The highest BCUT2D eigenvalue weighted by molar-refractivity contribution is 14.1. The van der Waals surface area contributed by atoms with Gasteiger partial charge in [0.15, 0.2) is 11.5 Å². The fourth-order valence-corrected chi connectivity index (χ4v) is 5.87. The molecule has 1 fully saturated rings. The molecule has 0 saturated carbocycles. The Hall–Kier alpha value is -1.96. The maximum absolute atomic E-state index is 13.5. The number of fused-ring (bicyclic) bond motifs is 1. The highest BCUT2D eigenvalue weighted by atomic mass is 127. The van der Waals surface area contributed by atoms with E-state index in [1.165, 1.54) is 22.8 Å². The molecule has 2 heterocycles. The maximum Gasteiger partial charge on any atom is 0.223 e. The zero-order chi connectivity index (χ0) is 23.6. The average Bonchev–Trinajstić information content (AvgIpc) is 2.82. The lowest BCUT2D eigenvalue weighted by atomic mass is 10.1. The first-order valence-electron chi connectivity index (χ1n) is 10.1. The number of anilines is 2. The predicted molar refractivity (Wildman–Crippen MR) is 134 cm³/mol. The molecule has 33 heavy (non-hydrogen) atoms. The quantitative estimate of drug-likeness (QED) is 0.307. The normalized spacial score (nSPS) is 15.5. The van der Waals surface area contributed by atoms with Crippen molar-refractivity contribution in [3.05, 3.63) is 47.5 Å². The minimum Gasteiger partial charge on any atom is -0.493 e. The average molecular weight is 607 g/mol. The Balaban J connectivity index is 1.59. The van der Waals surface area contributed by atoms with E-state index in [0.717, 1.165) is 0 Å². The number of methoxy groups -OCH3 is 1. The standard InChI is InChI=1S/C21H21ClFIN4O4S/c1-31-19-10-18-15(21(26-12-25-18)27-13-2-3-17(23)16(22)8-13)9-20(19)32-14-4-6-28(7-5-14)33(29,30)11-24/h2-3,8-10,12,14H,4-7,11H2,1H3,(H,25,26,27). The van der Waals surface area contributed by atoms with Crippen molar-refractivity contribution in [2.24, 2.45) is 0 Å². The summed E-state index contributed by atoms with van der Waals surface area (Å²) in [4.78, 5) is 8.63. The molecule has 1 saturated heterocycles. The van der Waals surface area contributed by atoms with Gasteiger partial charge in [-0.1, -0.05) is 34.2 Å². The molecule has 1 N–H and O–H groups in total. The van der Waals surface area contributed by atoms with E-state index in [1.54, 1.807) is 25.3 Å². The van der Waals surface area contributed by atoms with Gasteiger partial charge in [0.1, 0.15) is 27.8 Å². The molecule has 0 atom stereocenters. The summed E-state index contributed by atoms with van der Waals surface area (Å²) in [6, 6.07) is 7.85. The van der Waals surface area contributed by atoms with Crippen LogP contribution in [0.15, 0.2) is 36.7 Å². The molecule has 1 aromatic heterocycles. The first-order valence-corrected chi connectivity index (χ1v) is 13.6. The molecule has 8 nitrogen and oxygen atoms in total. The van der Waals surface area contributed by atoms with E-state index in [9.17, 15) is 12.8 Å². The van der Waals surface area contributed by atoms with Crippen LogP contribution >= 0.6 is 34.2 Å². The van der Waals surface area contributed by atoms with E-state index >= 15 is 0 Å². The summed E-state index contributed by atoms with van der Waals surface area (Å²) in [6.07, 6.45) is 2.40. The van der Waals surface area contributed by atoms with Gasteiger partial charge in [-0.3, -0.25) is 0 Å². The summed E-state index contributed by atoms with van der Waals surface area (Å²) in [5, 5.41) is 3.82. The van der Waals surface area contributed by atoms with E-state index in [0.29, 0.717) is 59.8 Å². The van der Waals surface area contributed by atoms with E-state index < -0.39 is 15.8 Å². The second-order valence-corrected chi connectivity index (χ2v) is 11.6. The van der Waals surface area contributed by atoms with E-state index in [1.807, 2.05) is 22.6 Å². The van der Waals surface area contributed by atoms with Crippen LogP contribution in [0.25, 0.3) is 10.9 Å². The summed E-state index contributed by atoms with van der Waals surface area (Å²) in [5.74, 6) is 1.01. The number of ether oxygens (including phenoxy) is 2. The molecule has 1 aliphatic rings. The fourth-order valence-electron chi connectivity index (χ4n) is 3.60. The predicted octanol–water partition coefficient (Wildman–Crippen LogP) is 4.74. The smallest absolute Gasteiger partial charge is 0.223 e. The molecular formula is C21H21ClFIN4O4S. The molecule has 0 spiro atoms.